The Labute approximate surface area is 219 Å². The van der Waals surface area contributed by atoms with Gasteiger partial charge >= 0.3 is 0 Å². The smallest absolute Gasteiger partial charge is 0.222 e. The van der Waals surface area contributed by atoms with E-state index in [-0.39, 0.29) is 0 Å². The Hall–Kier alpha value is -1.51. The van der Waals surface area contributed by atoms with E-state index in [0.717, 1.165) is 44.3 Å². The molecule has 3 heteroatoms. The van der Waals surface area contributed by atoms with Crippen LogP contribution in [-0.2, 0) is 17.6 Å². The number of phenolic OH excluding ortho intramolecular Hbond substituents is 1. The summed E-state index contributed by atoms with van der Waals surface area (Å²) in [6.45, 7) is 12.5. The molecule has 0 aliphatic carbocycles. The first-order valence-corrected chi connectivity index (χ1v) is 15.1. The van der Waals surface area contributed by atoms with Gasteiger partial charge in [-0.05, 0) is 63.1 Å². The van der Waals surface area contributed by atoms with Crippen molar-refractivity contribution >= 4 is 5.91 Å². The largest absolute Gasteiger partial charge is 0.508 e. The molecule has 1 N–H and O–H groups in total. The summed E-state index contributed by atoms with van der Waals surface area (Å²) in [5, 5.41) is 9.81. The summed E-state index contributed by atoms with van der Waals surface area (Å²) >= 11 is 0. The highest BCUT2D eigenvalue weighted by Crippen LogP contribution is 2.22. The second-order valence-electron chi connectivity index (χ2n) is 10.0. The van der Waals surface area contributed by atoms with E-state index in [0.29, 0.717) is 11.7 Å². The summed E-state index contributed by atoms with van der Waals surface area (Å²) in [5.74, 6) is 0.809. The van der Waals surface area contributed by atoms with Crippen LogP contribution in [0, 0.1) is 0 Å². The lowest BCUT2D eigenvalue weighted by Gasteiger charge is -2.18. The van der Waals surface area contributed by atoms with E-state index in [9.17, 15) is 9.90 Å². The highest BCUT2D eigenvalue weighted by molar-refractivity contribution is 5.76. The van der Waals surface area contributed by atoms with Gasteiger partial charge in [-0.25, -0.2) is 0 Å². The molecule has 0 atom stereocenters. The molecule has 0 spiro atoms. The Morgan fingerprint density at radius 1 is 0.657 bits per heavy atom. The van der Waals surface area contributed by atoms with Crippen LogP contribution in [-0.4, -0.2) is 29.0 Å². The fraction of sp³-hybridized carbons (Fsp3) is 0.781. The molecule has 35 heavy (non-hydrogen) atoms. The SMILES string of the molecule is CCCCCCCCCCCC(=O)N(CC)CC.CCCCCc1ccc(O)c(CCCCC)c1. The summed E-state index contributed by atoms with van der Waals surface area (Å²) in [4.78, 5) is 13.7. The Morgan fingerprint density at radius 2 is 1.14 bits per heavy atom. The number of carbonyl (C=O) groups excluding carboxylic acids is 1. The maximum absolute atomic E-state index is 11.7. The Balaban J connectivity index is 0.000000661. The molecule has 0 heterocycles. The summed E-state index contributed by atoms with van der Waals surface area (Å²) < 4.78 is 0. The minimum absolute atomic E-state index is 0.336. The van der Waals surface area contributed by atoms with Gasteiger partial charge in [-0.15, -0.1) is 0 Å². The molecule has 1 aromatic carbocycles. The Morgan fingerprint density at radius 3 is 1.69 bits per heavy atom. The molecule has 1 rings (SSSR count). The van der Waals surface area contributed by atoms with Gasteiger partial charge in [-0.1, -0.05) is 110 Å². The van der Waals surface area contributed by atoms with Crippen molar-refractivity contribution in [1.29, 1.82) is 0 Å². The maximum Gasteiger partial charge on any atom is 0.222 e. The molecule has 204 valence electrons. The van der Waals surface area contributed by atoms with Crippen LogP contribution >= 0.6 is 0 Å². The van der Waals surface area contributed by atoms with Gasteiger partial charge in [-0.3, -0.25) is 4.79 Å². The standard InChI is InChI=1S/C16H33NO.C16H26O/c1-4-7-8-9-10-11-12-13-14-15-16(18)17(5-2)6-3;1-3-5-7-9-14-11-12-16(17)15(13-14)10-8-6-4-2/h4-15H2,1-3H3;11-13,17H,3-10H2,1-2H3. The van der Waals surface area contributed by atoms with Gasteiger partial charge in [0, 0.05) is 19.5 Å². The third kappa shape index (κ3) is 18.4. The van der Waals surface area contributed by atoms with Crippen LogP contribution in [0.2, 0.25) is 0 Å². The lowest BCUT2D eigenvalue weighted by atomic mass is 10.0. The van der Waals surface area contributed by atoms with Crippen molar-refractivity contribution < 1.29 is 9.90 Å². The van der Waals surface area contributed by atoms with Gasteiger partial charge in [0.25, 0.3) is 0 Å². The number of rotatable bonds is 20. The Bertz CT molecular complexity index is 610. The molecule has 0 aromatic heterocycles. The molecule has 0 saturated heterocycles. The van der Waals surface area contributed by atoms with Crippen molar-refractivity contribution in [3.05, 3.63) is 29.3 Å². The molecule has 0 unspecified atom stereocenters. The molecule has 0 aliphatic heterocycles. The minimum Gasteiger partial charge on any atom is -0.508 e. The lowest BCUT2D eigenvalue weighted by molar-refractivity contribution is -0.130. The third-order valence-electron chi connectivity index (χ3n) is 6.87. The normalized spacial score (nSPS) is 10.7. The molecular formula is C32H59NO2. The monoisotopic (exact) mass is 489 g/mol. The van der Waals surface area contributed by atoms with Gasteiger partial charge in [0.1, 0.15) is 5.75 Å². The van der Waals surface area contributed by atoms with Gasteiger partial charge in [-0.2, -0.15) is 0 Å². The average Bonchev–Trinajstić information content (AvgIpc) is 2.86. The van der Waals surface area contributed by atoms with Crippen molar-refractivity contribution in [2.45, 2.75) is 150 Å². The van der Waals surface area contributed by atoms with Crippen LogP contribution < -0.4 is 0 Å². The second-order valence-corrected chi connectivity index (χ2v) is 10.0. The molecule has 1 amide bonds. The van der Waals surface area contributed by atoms with Crippen LogP contribution in [0.5, 0.6) is 5.75 Å². The van der Waals surface area contributed by atoms with Crippen LogP contribution in [0.25, 0.3) is 0 Å². The number of benzene rings is 1. The molecule has 0 fully saturated rings. The van der Waals surface area contributed by atoms with E-state index in [1.807, 2.05) is 11.0 Å². The number of aryl methyl sites for hydroxylation is 2. The van der Waals surface area contributed by atoms with Gasteiger partial charge in [0.2, 0.25) is 5.91 Å². The highest BCUT2D eigenvalue weighted by atomic mass is 16.3. The van der Waals surface area contributed by atoms with Gasteiger partial charge in [0.15, 0.2) is 0 Å². The number of amides is 1. The van der Waals surface area contributed by atoms with E-state index < -0.39 is 0 Å². The molecule has 0 bridgehead atoms. The number of hydrogen-bond donors (Lipinski definition) is 1. The van der Waals surface area contributed by atoms with E-state index in [2.05, 4.69) is 46.8 Å². The predicted octanol–water partition coefficient (Wildman–Crippen LogP) is 9.63. The quantitative estimate of drug-likeness (QED) is 0.185. The van der Waals surface area contributed by atoms with Crippen molar-refractivity contribution in [3.63, 3.8) is 0 Å². The molecular weight excluding hydrogens is 430 g/mol. The van der Waals surface area contributed by atoms with E-state index >= 15 is 0 Å². The minimum atomic E-state index is 0.336. The Kier molecular flexibility index (Phi) is 23.2. The maximum atomic E-state index is 11.7. The summed E-state index contributed by atoms with van der Waals surface area (Å²) in [6.07, 6.45) is 22.2. The zero-order valence-electron chi connectivity index (χ0n) is 24.2. The zero-order valence-corrected chi connectivity index (χ0v) is 24.2. The van der Waals surface area contributed by atoms with Crippen molar-refractivity contribution in [1.82, 2.24) is 4.90 Å². The summed E-state index contributed by atoms with van der Waals surface area (Å²) in [6, 6.07) is 6.12. The molecule has 0 aliphatic rings. The van der Waals surface area contributed by atoms with Crippen LogP contribution in [0.15, 0.2) is 18.2 Å². The van der Waals surface area contributed by atoms with Crippen molar-refractivity contribution in [3.8, 4) is 5.75 Å². The van der Waals surface area contributed by atoms with E-state index in [1.165, 1.54) is 95.5 Å². The first-order chi connectivity index (χ1) is 17.0. The fourth-order valence-corrected chi connectivity index (χ4v) is 4.46. The predicted molar refractivity (Wildman–Crippen MR) is 154 cm³/mol. The average molecular weight is 490 g/mol. The van der Waals surface area contributed by atoms with Crippen molar-refractivity contribution in [2.24, 2.45) is 0 Å². The van der Waals surface area contributed by atoms with Crippen LogP contribution in [0.3, 0.4) is 0 Å². The molecule has 1 aromatic rings. The molecule has 3 nitrogen and oxygen atoms in total. The number of nitrogens with zero attached hydrogens (tertiary/aromatic N) is 1. The number of hydrogen-bond acceptors (Lipinski definition) is 2. The second kappa shape index (κ2) is 24.2. The van der Waals surface area contributed by atoms with Gasteiger partial charge in [0.05, 0.1) is 0 Å². The fourth-order valence-electron chi connectivity index (χ4n) is 4.46. The van der Waals surface area contributed by atoms with Crippen LogP contribution in [0.1, 0.15) is 148 Å². The number of aromatic hydroxyl groups is 1. The van der Waals surface area contributed by atoms with Gasteiger partial charge < -0.3 is 10.0 Å². The summed E-state index contributed by atoms with van der Waals surface area (Å²) in [7, 11) is 0. The first-order valence-electron chi connectivity index (χ1n) is 15.1. The first kappa shape index (κ1) is 33.5. The van der Waals surface area contributed by atoms with E-state index in [1.54, 1.807) is 0 Å². The topological polar surface area (TPSA) is 40.5 Å². The molecule has 0 saturated carbocycles. The highest BCUT2D eigenvalue weighted by Gasteiger charge is 2.08. The van der Waals surface area contributed by atoms with E-state index in [4.69, 9.17) is 0 Å². The number of carbonyl (C=O) groups is 1. The van der Waals surface area contributed by atoms with Crippen molar-refractivity contribution in [2.75, 3.05) is 13.1 Å². The number of unbranched alkanes of at least 4 members (excludes halogenated alkanes) is 12. The van der Waals surface area contributed by atoms with Crippen LogP contribution in [0.4, 0.5) is 0 Å². The lowest BCUT2D eigenvalue weighted by Crippen LogP contribution is -2.30. The summed E-state index contributed by atoms with van der Waals surface area (Å²) in [5.41, 5.74) is 2.51. The molecule has 0 radical (unpaired) electrons. The number of phenols is 1. The zero-order chi connectivity index (χ0) is 26.2. The third-order valence-corrected chi connectivity index (χ3v) is 6.87.